The molecule has 0 unspecified atom stereocenters. The molecular formula is C7F18S. The van der Waals surface area contributed by atoms with E-state index in [9.17, 15) is 79.0 Å². The molecular weight excluding hydrogens is 458 g/mol. The molecule has 0 radical (unpaired) electrons. The lowest BCUT2D eigenvalue weighted by molar-refractivity contribution is -0.288. The average Bonchev–Trinajstić information content (AvgIpc) is 2.20. The summed E-state index contributed by atoms with van der Waals surface area (Å²) in [5, 5.41) is -26.6. The summed E-state index contributed by atoms with van der Waals surface area (Å²) in [6.07, 6.45) is -24.9. The fourth-order valence-electron chi connectivity index (χ4n) is 1.44. The zero-order chi connectivity index (χ0) is 22.0. The topological polar surface area (TPSA) is 0 Å². The Balaban J connectivity index is 7.77. The van der Waals surface area contributed by atoms with Crippen molar-refractivity contribution in [1.29, 1.82) is 0 Å². The van der Waals surface area contributed by atoms with Crippen LogP contribution in [0.25, 0.3) is 0 Å². The van der Waals surface area contributed by atoms with Crippen LogP contribution in [0.1, 0.15) is 0 Å². The molecule has 0 aromatic heterocycles. The highest BCUT2D eigenvalue weighted by Gasteiger charge is 2.99. The number of hydrogen-bond acceptors (Lipinski definition) is 0. The maximum absolute atomic E-state index is 13.0. The third kappa shape index (κ3) is 2.92. The smallest absolute Gasteiger partial charge is 0.185 e. The van der Waals surface area contributed by atoms with Crippen molar-refractivity contribution < 1.29 is 79.0 Å². The lowest BCUT2D eigenvalue weighted by Gasteiger charge is -2.53. The first-order valence-corrected chi connectivity index (χ1v) is 6.60. The van der Waals surface area contributed by atoms with Crippen molar-refractivity contribution in [2.24, 2.45) is 0 Å². The van der Waals surface area contributed by atoms with Gasteiger partial charge in [-0.25, -0.2) is 0 Å². The molecule has 26 heavy (non-hydrogen) atoms. The van der Waals surface area contributed by atoms with E-state index in [-0.39, 0.29) is 0 Å². The molecule has 0 aliphatic heterocycles. The monoisotopic (exact) mass is 458 g/mol. The number of rotatable bonds is 3. The van der Waals surface area contributed by atoms with Crippen molar-refractivity contribution >= 4 is 10.0 Å². The number of hydrogen-bond donors (Lipinski definition) is 0. The number of halogens is 18. The van der Waals surface area contributed by atoms with Crippen LogP contribution in [0.5, 0.6) is 0 Å². The summed E-state index contributed by atoms with van der Waals surface area (Å²) in [5.74, 6) is 0. The highest BCUT2D eigenvalue weighted by atomic mass is 32.3. The van der Waals surface area contributed by atoms with Crippen LogP contribution in [0.3, 0.4) is 0 Å². The van der Waals surface area contributed by atoms with E-state index < -0.39 is 49.8 Å². The molecule has 160 valence electrons. The van der Waals surface area contributed by atoms with Crippen LogP contribution in [-0.4, -0.2) is 39.8 Å². The van der Waals surface area contributed by atoms with Gasteiger partial charge >= 0.3 is 39.8 Å². The van der Waals surface area contributed by atoms with E-state index in [0.29, 0.717) is 0 Å². The summed E-state index contributed by atoms with van der Waals surface area (Å²) in [4.78, 5) is 0. The minimum absolute atomic E-state index is 8.29. The summed E-state index contributed by atoms with van der Waals surface area (Å²) in [6.45, 7) is 0. The zero-order valence-corrected chi connectivity index (χ0v) is 11.5. The molecule has 0 rings (SSSR count). The Morgan fingerprint density at radius 2 is 0.462 bits per heavy atom. The van der Waals surface area contributed by atoms with Gasteiger partial charge in [-0.15, -0.1) is 0 Å². The predicted octanol–water partition coefficient (Wildman–Crippen LogP) is 6.78. The molecule has 0 heterocycles. The predicted molar refractivity (Wildman–Crippen MR) is 46.7 cm³/mol. The first-order chi connectivity index (χ1) is 10.8. The molecule has 0 aromatic carbocycles. The van der Waals surface area contributed by atoms with Gasteiger partial charge < -0.3 is 0 Å². The molecule has 0 aromatic rings. The fourth-order valence-corrected chi connectivity index (χ4v) is 4.32. The van der Waals surface area contributed by atoms with E-state index >= 15 is 0 Å². The third-order valence-electron chi connectivity index (χ3n) is 2.49. The van der Waals surface area contributed by atoms with E-state index in [1.165, 1.54) is 0 Å². The van der Waals surface area contributed by atoms with Crippen LogP contribution in [-0.2, 0) is 0 Å². The zero-order valence-electron chi connectivity index (χ0n) is 10.7. The molecule has 0 saturated carbocycles. The Bertz CT molecular complexity index is 447. The summed E-state index contributed by atoms with van der Waals surface area (Å²) >= 11 is 0. The van der Waals surface area contributed by atoms with Crippen LogP contribution >= 0.6 is 10.0 Å². The Kier molecular flexibility index (Phi) is 5.59. The molecule has 19 heteroatoms. The van der Waals surface area contributed by atoms with Crippen LogP contribution < -0.4 is 0 Å². The third-order valence-corrected chi connectivity index (χ3v) is 6.19. The molecule has 0 N–H and O–H groups in total. The van der Waals surface area contributed by atoms with Gasteiger partial charge in [0.15, 0.2) is 0 Å². The minimum atomic E-state index is -10.6. The lowest BCUT2D eigenvalue weighted by Crippen LogP contribution is -2.66. The molecule has 0 saturated heterocycles. The van der Waals surface area contributed by atoms with Crippen molar-refractivity contribution in [2.45, 2.75) is 39.8 Å². The van der Waals surface area contributed by atoms with E-state index in [2.05, 4.69) is 0 Å². The normalized spacial score (nSPS) is 17.5. The molecule has 0 spiro atoms. The van der Waals surface area contributed by atoms with Gasteiger partial charge in [-0.3, -0.25) is 0 Å². The van der Waals surface area contributed by atoms with Gasteiger partial charge in [0.25, 0.3) is 0 Å². The maximum atomic E-state index is 13.0. The Hall–Kier alpha value is -0.910. The molecule has 0 nitrogen and oxygen atoms in total. The first kappa shape index (κ1) is 25.1. The van der Waals surface area contributed by atoms with Crippen LogP contribution in [0.4, 0.5) is 79.0 Å². The SMILES string of the molecule is FC(F)(F)C(F)(F)S(C(F)(F)F)(C(F)(F)C(F)(F)F)C(F)(F)C(F)(F)F. The summed E-state index contributed by atoms with van der Waals surface area (Å²) in [5.41, 5.74) is -8.69. The minimum Gasteiger partial charge on any atom is -0.185 e. The standard InChI is InChI=1S/C7F18S/c8-1(9,10)4(17,18)26(7(23,24)25,5(19,20)2(11,12)13)6(21,22)3(14,15)16. The van der Waals surface area contributed by atoms with Crippen LogP contribution in [0.2, 0.25) is 0 Å². The highest BCUT2D eigenvalue weighted by Crippen LogP contribution is 2.90. The van der Waals surface area contributed by atoms with Gasteiger partial charge in [0, 0.05) is 0 Å². The lowest BCUT2D eigenvalue weighted by atomic mass is 10.6. The molecule has 0 atom stereocenters. The highest BCUT2D eigenvalue weighted by molar-refractivity contribution is 8.37. The molecule has 0 amide bonds. The molecule has 0 fully saturated rings. The summed E-state index contributed by atoms with van der Waals surface area (Å²) in [7, 11) is -10.6. The van der Waals surface area contributed by atoms with E-state index in [4.69, 9.17) is 0 Å². The Morgan fingerprint density at radius 1 is 0.308 bits per heavy atom. The number of alkyl halides is 18. The van der Waals surface area contributed by atoms with Gasteiger partial charge in [-0.2, -0.15) is 79.0 Å². The van der Waals surface area contributed by atoms with Gasteiger partial charge in [0.1, 0.15) is 0 Å². The molecule has 0 aliphatic carbocycles. The van der Waals surface area contributed by atoms with E-state index in [0.717, 1.165) is 0 Å². The van der Waals surface area contributed by atoms with Gasteiger partial charge in [0.05, 0.1) is 10.0 Å². The quantitative estimate of drug-likeness (QED) is 0.410. The van der Waals surface area contributed by atoms with Crippen LogP contribution in [0, 0.1) is 0 Å². The Labute approximate surface area is 130 Å². The van der Waals surface area contributed by atoms with Gasteiger partial charge in [0.2, 0.25) is 0 Å². The van der Waals surface area contributed by atoms with Crippen molar-refractivity contribution in [3.8, 4) is 0 Å². The Morgan fingerprint density at radius 3 is 0.538 bits per heavy atom. The van der Waals surface area contributed by atoms with Crippen molar-refractivity contribution in [3.63, 3.8) is 0 Å². The van der Waals surface area contributed by atoms with Crippen molar-refractivity contribution in [3.05, 3.63) is 0 Å². The first-order valence-electron chi connectivity index (χ1n) is 4.97. The van der Waals surface area contributed by atoms with E-state index in [1.54, 1.807) is 0 Å². The second-order valence-electron chi connectivity index (χ2n) is 4.10. The maximum Gasteiger partial charge on any atom is 0.463 e. The molecule has 0 bridgehead atoms. The van der Waals surface area contributed by atoms with Gasteiger partial charge in [-0.1, -0.05) is 0 Å². The van der Waals surface area contributed by atoms with E-state index in [1.807, 2.05) is 0 Å². The summed E-state index contributed by atoms with van der Waals surface area (Å²) < 4.78 is 224. The molecule has 0 aliphatic rings. The summed E-state index contributed by atoms with van der Waals surface area (Å²) in [6, 6.07) is 0. The van der Waals surface area contributed by atoms with Crippen molar-refractivity contribution in [1.82, 2.24) is 0 Å². The van der Waals surface area contributed by atoms with Crippen molar-refractivity contribution in [2.75, 3.05) is 0 Å². The fraction of sp³-hybridized carbons (Fsp3) is 1.00. The van der Waals surface area contributed by atoms with Crippen LogP contribution in [0.15, 0.2) is 0 Å². The second-order valence-corrected chi connectivity index (χ2v) is 7.33. The second kappa shape index (κ2) is 5.79. The largest absolute Gasteiger partial charge is 0.463 e. The average molecular weight is 458 g/mol. The van der Waals surface area contributed by atoms with Gasteiger partial charge in [-0.05, 0) is 0 Å².